The summed E-state index contributed by atoms with van der Waals surface area (Å²) in [6.45, 7) is 6.54. The van der Waals surface area contributed by atoms with Crippen LogP contribution in [-0.4, -0.2) is 42.2 Å². The molecule has 2 aromatic heterocycles. The van der Waals surface area contributed by atoms with Crippen LogP contribution >= 0.6 is 11.3 Å². The molecule has 0 saturated carbocycles. The van der Waals surface area contributed by atoms with E-state index in [0.717, 1.165) is 21.6 Å². The van der Waals surface area contributed by atoms with Crippen LogP contribution in [0.5, 0.6) is 0 Å². The Morgan fingerprint density at radius 2 is 1.81 bits per heavy atom. The highest BCUT2D eigenvalue weighted by Crippen LogP contribution is 2.26. The zero-order chi connectivity index (χ0) is 25.9. The smallest absolute Gasteiger partial charge is 0.254 e. The van der Waals surface area contributed by atoms with Gasteiger partial charge >= 0.3 is 0 Å². The van der Waals surface area contributed by atoms with E-state index in [1.165, 1.54) is 21.9 Å². The van der Waals surface area contributed by atoms with Crippen LogP contribution < -0.4 is 4.31 Å². The van der Waals surface area contributed by atoms with E-state index in [9.17, 15) is 13.2 Å². The topological polar surface area (TPSA) is 96.6 Å². The first-order chi connectivity index (χ1) is 17.2. The summed E-state index contributed by atoms with van der Waals surface area (Å²) in [5.74, 6) is 0.698. The fourth-order valence-corrected chi connectivity index (χ4v) is 5.37. The van der Waals surface area contributed by atoms with Crippen LogP contribution in [0, 0.1) is 13.8 Å². The number of sulfonamides is 1. The van der Waals surface area contributed by atoms with Gasteiger partial charge in [-0.3, -0.25) is 9.10 Å². The Labute approximate surface area is 215 Å². The number of benzene rings is 2. The molecular formula is C26H28N4O4S2. The van der Waals surface area contributed by atoms with E-state index >= 15 is 0 Å². The number of nitrogens with zero attached hydrogens (tertiary/aromatic N) is 4. The molecule has 0 spiro atoms. The van der Waals surface area contributed by atoms with Gasteiger partial charge in [0, 0.05) is 12.1 Å². The van der Waals surface area contributed by atoms with Crippen molar-refractivity contribution in [3.05, 3.63) is 88.1 Å². The minimum atomic E-state index is -3.51. The van der Waals surface area contributed by atoms with Gasteiger partial charge in [-0.2, -0.15) is 4.98 Å². The zero-order valence-corrected chi connectivity index (χ0v) is 22.3. The highest BCUT2D eigenvalue weighted by molar-refractivity contribution is 7.92. The van der Waals surface area contributed by atoms with Gasteiger partial charge in [-0.25, -0.2) is 8.42 Å². The lowest BCUT2D eigenvalue weighted by molar-refractivity contribution is 0.0734. The number of carbonyl (C=O) groups excluding carboxylic acids is 1. The summed E-state index contributed by atoms with van der Waals surface area (Å²) < 4.78 is 31.9. The summed E-state index contributed by atoms with van der Waals surface area (Å²) in [5, 5.41) is 5.94. The maximum absolute atomic E-state index is 13.1. The normalized spacial score (nSPS) is 11.4. The molecule has 0 saturated heterocycles. The number of aromatic nitrogens is 2. The minimum absolute atomic E-state index is 0.169. The standard InChI is InChI=1S/C26H28N4O4S2/c1-5-29(17-24-27-25(28-34-24)23-7-6-14-35-23)26(31)21-12-10-20(11-13-21)16-30(36(4,32)33)22-15-18(2)8-9-19(22)3/h6-15H,5,16-17H2,1-4H3. The molecule has 0 radical (unpaired) electrons. The van der Waals surface area contributed by atoms with Gasteiger partial charge in [-0.1, -0.05) is 35.5 Å². The van der Waals surface area contributed by atoms with Gasteiger partial charge in [0.1, 0.15) is 6.54 Å². The molecular weight excluding hydrogens is 496 g/mol. The van der Waals surface area contributed by atoms with E-state index < -0.39 is 10.0 Å². The van der Waals surface area contributed by atoms with Crippen molar-refractivity contribution in [3.63, 3.8) is 0 Å². The molecule has 0 aliphatic heterocycles. The van der Waals surface area contributed by atoms with Crippen molar-refractivity contribution in [1.29, 1.82) is 0 Å². The molecule has 10 heteroatoms. The first kappa shape index (κ1) is 25.6. The molecule has 2 aromatic carbocycles. The van der Waals surface area contributed by atoms with Crippen LogP contribution in [0.1, 0.15) is 39.9 Å². The Bertz CT molecular complexity index is 1450. The van der Waals surface area contributed by atoms with Crippen LogP contribution in [0.25, 0.3) is 10.7 Å². The maximum atomic E-state index is 13.1. The SMILES string of the molecule is CCN(Cc1nc(-c2cccs2)no1)C(=O)c1ccc(CN(c2cc(C)ccc2C)S(C)(=O)=O)cc1. The second-order valence-electron chi connectivity index (χ2n) is 8.56. The van der Waals surface area contributed by atoms with Gasteiger partial charge in [0.05, 0.1) is 23.4 Å². The second kappa shape index (κ2) is 10.6. The first-order valence-corrected chi connectivity index (χ1v) is 14.2. The molecule has 0 unspecified atom stereocenters. The van der Waals surface area contributed by atoms with E-state index in [0.29, 0.717) is 29.5 Å². The van der Waals surface area contributed by atoms with Crippen molar-refractivity contribution >= 4 is 33.0 Å². The monoisotopic (exact) mass is 524 g/mol. The molecule has 0 aliphatic carbocycles. The summed E-state index contributed by atoms with van der Waals surface area (Å²) in [6, 6.07) is 16.6. The third kappa shape index (κ3) is 5.83. The molecule has 0 N–H and O–H groups in total. The Morgan fingerprint density at radius 1 is 1.06 bits per heavy atom. The highest BCUT2D eigenvalue weighted by Gasteiger charge is 2.21. The van der Waals surface area contributed by atoms with Crippen LogP contribution in [-0.2, 0) is 23.1 Å². The second-order valence-corrected chi connectivity index (χ2v) is 11.4. The summed E-state index contributed by atoms with van der Waals surface area (Å²) in [6.07, 6.45) is 1.20. The largest absolute Gasteiger partial charge is 0.337 e. The molecule has 0 aliphatic rings. The van der Waals surface area contributed by atoms with Gasteiger partial charge < -0.3 is 9.42 Å². The van der Waals surface area contributed by atoms with Crippen molar-refractivity contribution in [3.8, 4) is 10.7 Å². The van der Waals surface area contributed by atoms with E-state index in [4.69, 9.17) is 4.52 Å². The lowest BCUT2D eigenvalue weighted by atomic mass is 10.1. The number of rotatable bonds is 9. The van der Waals surface area contributed by atoms with E-state index in [2.05, 4.69) is 10.1 Å². The number of aryl methyl sites for hydroxylation is 2. The number of carbonyl (C=O) groups is 1. The van der Waals surface area contributed by atoms with Gasteiger partial charge in [0.25, 0.3) is 5.91 Å². The third-order valence-corrected chi connectivity index (χ3v) is 7.76. The summed E-state index contributed by atoms with van der Waals surface area (Å²) >= 11 is 1.52. The fraction of sp³-hybridized carbons (Fsp3) is 0.269. The van der Waals surface area contributed by atoms with Crippen molar-refractivity contribution in [1.82, 2.24) is 15.0 Å². The quantitative estimate of drug-likeness (QED) is 0.304. The average molecular weight is 525 g/mol. The molecule has 1 amide bonds. The average Bonchev–Trinajstić information content (AvgIpc) is 3.54. The Morgan fingerprint density at radius 3 is 2.44 bits per heavy atom. The molecule has 188 valence electrons. The highest BCUT2D eigenvalue weighted by atomic mass is 32.2. The lowest BCUT2D eigenvalue weighted by Gasteiger charge is -2.25. The number of amides is 1. The number of hydrogen-bond acceptors (Lipinski definition) is 7. The Balaban J connectivity index is 1.49. The van der Waals surface area contributed by atoms with Crippen LogP contribution in [0.4, 0.5) is 5.69 Å². The molecule has 4 aromatic rings. The Kier molecular flexibility index (Phi) is 7.56. The number of hydrogen-bond donors (Lipinski definition) is 0. The van der Waals surface area contributed by atoms with Gasteiger partial charge in [0.2, 0.25) is 21.7 Å². The summed E-state index contributed by atoms with van der Waals surface area (Å²) in [5.41, 5.74) is 3.78. The molecule has 0 atom stereocenters. The predicted octanol–water partition coefficient (Wildman–Crippen LogP) is 5.04. The van der Waals surface area contributed by atoms with Crippen LogP contribution in [0.15, 0.2) is 64.5 Å². The molecule has 36 heavy (non-hydrogen) atoms. The van der Waals surface area contributed by atoms with Crippen molar-refractivity contribution in [2.75, 3.05) is 17.1 Å². The number of anilines is 1. The number of thiophene rings is 1. The van der Waals surface area contributed by atoms with Crippen LogP contribution in [0.3, 0.4) is 0 Å². The van der Waals surface area contributed by atoms with E-state index in [1.807, 2.05) is 56.5 Å². The van der Waals surface area contributed by atoms with Gasteiger partial charge in [0.15, 0.2) is 0 Å². The molecule has 4 rings (SSSR count). The van der Waals surface area contributed by atoms with E-state index in [-0.39, 0.29) is 19.0 Å². The summed E-state index contributed by atoms with van der Waals surface area (Å²) in [7, 11) is -3.51. The molecule has 0 bridgehead atoms. The molecule has 0 fully saturated rings. The molecule has 2 heterocycles. The van der Waals surface area contributed by atoms with Crippen LogP contribution in [0.2, 0.25) is 0 Å². The maximum Gasteiger partial charge on any atom is 0.254 e. The van der Waals surface area contributed by atoms with E-state index in [1.54, 1.807) is 29.2 Å². The fourth-order valence-electron chi connectivity index (χ4n) is 3.79. The molecule has 8 nitrogen and oxygen atoms in total. The first-order valence-electron chi connectivity index (χ1n) is 11.5. The third-order valence-electron chi connectivity index (χ3n) is 5.77. The lowest BCUT2D eigenvalue weighted by Crippen LogP contribution is -2.31. The van der Waals surface area contributed by atoms with Gasteiger partial charge in [-0.15, -0.1) is 11.3 Å². The van der Waals surface area contributed by atoms with Crippen molar-refractivity contribution < 1.29 is 17.7 Å². The zero-order valence-electron chi connectivity index (χ0n) is 20.6. The minimum Gasteiger partial charge on any atom is -0.337 e. The van der Waals surface area contributed by atoms with Crippen molar-refractivity contribution in [2.24, 2.45) is 0 Å². The predicted molar refractivity (Wildman–Crippen MR) is 141 cm³/mol. The van der Waals surface area contributed by atoms with Crippen molar-refractivity contribution in [2.45, 2.75) is 33.9 Å². The summed E-state index contributed by atoms with van der Waals surface area (Å²) in [4.78, 5) is 20.1. The Hall–Kier alpha value is -3.50. The van der Waals surface area contributed by atoms with Gasteiger partial charge in [-0.05, 0) is 67.1 Å².